The first-order valence-electron chi connectivity index (χ1n) is 11.1. The Balaban J connectivity index is 1.74. The van der Waals surface area contributed by atoms with Gasteiger partial charge in [0, 0.05) is 19.2 Å². The van der Waals surface area contributed by atoms with Gasteiger partial charge in [0.2, 0.25) is 0 Å². The Labute approximate surface area is 190 Å². The number of nitrogens with one attached hydrogen (secondary N) is 2. The number of rotatable bonds is 9. The lowest BCUT2D eigenvalue weighted by Gasteiger charge is -2.18. The summed E-state index contributed by atoms with van der Waals surface area (Å²) in [6.07, 6.45) is 1.13. The standard InChI is InChI=1S/C25H34N6O/c1-6-19(3)32-23-14-18(2)12-13-22(23)16-27-25(26-15-21-10-8-7-9-11-21)28-17-24-30-29-20(4)31(24)5/h7-14,19H,6,15-17H2,1-5H3,(H2,26,27,28). The Morgan fingerprint density at radius 1 is 1.06 bits per heavy atom. The smallest absolute Gasteiger partial charge is 0.192 e. The first kappa shape index (κ1) is 23.3. The molecule has 32 heavy (non-hydrogen) atoms. The largest absolute Gasteiger partial charge is 0.490 e. The Morgan fingerprint density at radius 2 is 1.81 bits per heavy atom. The van der Waals surface area contributed by atoms with Crippen LogP contribution in [-0.2, 0) is 26.7 Å². The molecule has 170 valence electrons. The first-order chi connectivity index (χ1) is 15.5. The summed E-state index contributed by atoms with van der Waals surface area (Å²) in [7, 11) is 1.96. The molecule has 0 radical (unpaired) electrons. The summed E-state index contributed by atoms with van der Waals surface area (Å²) in [4.78, 5) is 4.78. The van der Waals surface area contributed by atoms with Crippen molar-refractivity contribution < 1.29 is 4.74 Å². The van der Waals surface area contributed by atoms with Crippen LogP contribution in [0.2, 0.25) is 0 Å². The lowest BCUT2D eigenvalue weighted by Crippen LogP contribution is -2.37. The minimum absolute atomic E-state index is 0.166. The molecule has 0 bridgehead atoms. The Morgan fingerprint density at radius 3 is 2.50 bits per heavy atom. The number of aryl methyl sites for hydroxylation is 2. The number of ether oxygens (including phenoxy) is 1. The zero-order valence-corrected chi connectivity index (χ0v) is 19.7. The molecular weight excluding hydrogens is 400 g/mol. The second-order valence-electron chi connectivity index (χ2n) is 8.03. The summed E-state index contributed by atoms with van der Waals surface area (Å²) in [6.45, 7) is 9.96. The maximum atomic E-state index is 6.16. The van der Waals surface area contributed by atoms with E-state index in [9.17, 15) is 0 Å². The summed E-state index contributed by atoms with van der Waals surface area (Å²) in [5.41, 5.74) is 3.43. The zero-order chi connectivity index (χ0) is 22.9. The van der Waals surface area contributed by atoms with E-state index in [1.807, 2.05) is 36.7 Å². The van der Waals surface area contributed by atoms with Crippen LogP contribution >= 0.6 is 0 Å². The molecule has 1 atom stereocenters. The van der Waals surface area contributed by atoms with Crippen molar-refractivity contribution in [2.24, 2.45) is 12.0 Å². The molecule has 0 fully saturated rings. The quantitative estimate of drug-likeness (QED) is 0.393. The monoisotopic (exact) mass is 434 g/mol. The van der Waals surface area contributed by atoms with Gasteiger partial charge in [0.15, 0.2) is 11.8 Å². The van der Waals surface area contributed by atoms with Gasteiger partial charge in [-0.3, -0.25) is 0 Å². The van der Waals surface area contributed by atoms with E-state index in [0.717, 1.165) is 34.9 Å². The minimum Gasteiger partial charge on any atom is -0.490 e. The van der Waals surface area contributed by atoms with Crippen molar-refractivity contribution in [3.63, 3.8) is 0 Å². The molecule has 0 saturated heterocycles. The highest BCUT2D eigenvalue weighted by Crippen LogP contribution is 2.22. The Kier molecular flexibility index (Phi) is 8.25. The van der Waals surface area contributed by atoms with Crippen LogP contribution in [-0.4, -0.2) is 26.8 Å². The van der Waals surface area contributed by atoms with Gasteiger partial charge in [0.25, 0.3) is 0 Å². The van der Waals surface area contributed by atoms with Crippen LogP contribution in [0.1, 0.15) is 48.6 Å². The van der Waals surface area contributed by atoms with Crippen LogP contribution in [0.15, 0.2) is 53.5 Å². The van der Waals surface area contributed by atoms with Gasteiger partial charge in [-0.25, -0.2) is 4.99 Å². The molecule has 0 aliphatic carbocycles. The van der Waals surface area contributed by atoms with Crippen LogP contribution in [0, 0.1) is 13.8 Å². The highest BCUT2D eigenvalue weighted by molar-refractivity contribution is 5.79. The van der Waals surface area contributed by atoms with Crippen molar-refractivity contribution in [1.29, 1.82) is 0 Å². The highest BCUT2D eigenvalue weighted by Gasteiger charge is 2.10. The molecular formula is C25H34N6O. The molecule has 0 amide bonds. The van der Waals surface area contributed by atoms with Crippen LogP contribution in [0.3, 0.4) is 0 Å². The number of benzene rings is 2. The second-order valence-corrected chi connectivity index (χ2v) is 8.03. The summed E-state index contributed by atoms with van der Waals surface area (Å²) < 4.78 is 8.14. The fraction of sp³-hybridized carbons (Fsp3) is 0.400. The summed E-state index contributed by atoms with van der Waals surface area (Å²) in [5.74, 6) is 3.36. The lowest BCUT2D eigenvalue weighted by atomic mass is 10.1. The van der Waals surface area contributed by atoms with Crippen LogP contribution < -0.4 is 15.4 Å². The summed E-state index contributed by atoms with van der Waals surface area (Å²) in [6, 6.07) is 16.5. The molecule has 2 aromatic carbocycles. The van der Waals surface area contributed by atoms with Gasteiger partial charge in [-0.2, -0.15) is 0 Å². The summed E-state index contributed by atoms with van der Waals surface area (Å²) in [5, 5.41) is 15.2. The van der Waals surface area contributed by atoms with E-state index in [4.69, 9.17) is 9.73 Å². The van der Waals surface area contributed by atoms with E-state index in [2.05, 4.69) is 71.9 Å². The third-order valence-corrected chi connectivity index (χ3v) is 5.43. The topological polar surface area (TPSA) is 76.4 Å². The van der Waals surface area contributed by atoms with Gasteiger partial charge in [-0.05, 0) is 44.4 Å². The number of hydrogen-bond donors (Lipinski definition) is 2. The average molecular weight is 435 g/mol. The fourth-order valence-corrected chi connectivity index (χ4v) is 3.09. The van der Waals surface area contributed by atoms with Crippen molar-refractivity contribution >= 4 is 5.96 Å². The van der Waals surface area contributed by atoms with Crippen molar-refractivity contribution in [2.75, 3.05) is 0 Å². The average Bonchev–Trinajstić information content (AvgIpc) is 3.12. The molecule has 0 aliphatic rings. The first-order valence-corrected chi connectivity index (χ1v) is 11.1. The minimum atomic E-state index is 0.166. The molecule has 3 rings (SSSR count). The molecule has 1 heterocycles. The molecule has 7 heteroatoms. The lowest BCUT2D eigenvalue weighted by molar-refractivity contribution is 0.215. The zero-order valence-electron chi connectivity index (χ0n) is 19.7. The van der Waals surface area contributed by atoms with E-state index in [1.165, 1.54) is 5.56 Å². The molecule has 7 nitrogen and oxygen atoms in total. The number of hydrogen-bond acceptors (Lipinski definition) is 4. The predicted octanol–water partition coefficient (Wildman–Crippen LogP) is 4.04. The molecule has 2 N–H and O–H groups in total. The molecule has 1 unspecified atom stereocenters. The van der Waals surface area contributed by atoms with E-state index in [1.54, 1.807) is 0 Å². The molecule has 1 aromatic heterocycles. The van der Waals surface area contributed by atoms with E-state index < -0.39 is 0 Å². The van der Waals surface area contributed by atoms with E-state index >= 15 is 0 Å². The van der Waals surface area contributed by atoms with Crippen molar-refractivity contribution in [1.82, 2.24) is 25.4 Å². The van der Waals surface area contributed by atoms with Crippen LogP contribution in [0.25, 0.3) is 0 Å². The van der Waals surface area contributed by atoms with Gasteiger partial charge < -0.3 is 19.9 Å². The number of aliphatic imine (C=N–C) groups is 1. The number of aromatic nitrogens is 3. The van der Waals surface area contributed by atoms with Gasteiger partial charge in [0.1, 0.15) is 11.6 Å². The number of nitrogens with zero attached hydrogens (tertiary/aromatic N) is 4. The second kappa shape index (κ2) is 11.3. The molecule has 0 saturated carbocycles. The van der Waals surface area contributed by atoms with E-state index in [0.29, 0.717) is 25.6 Å². The van der Waals surface area contributed by atoms with Crippen LogP contribution in [0.5, 0.6) is 5.75 Å². The van der Waals surface area contributed by atoms with Crippen LogP contribution in [0.4, 0.5) is 0 Å². The maximum absolute atomic E-state index is 6.16. The Hall–Kier alpha value is -3.35. The molecule has 0 aliphatic heterocycles. The predicted molar refractivity (Wildman–Crippen MR) is 129 cm³/mol. The third kappa shape index (κ3) is 6.57. The molecule has 3 aromatic rings. The number of guanidine groups is 1. The fourth-order valence-electron chi connectivity index (χ4n) is 3.09. The highest BCUT2D eigenvalue weighted by atomic mass is 16.5. The van der Waals surface area contributed by atoms with Gasteiger partial charge in [-0.1, -0.05) is 49.4 Å². The Bertz CT molecular complexity index is 1030. The van der Waals surface area contributed by atoms with Crippen molar-refractivity contribution in [2.45, 2.75) is 59.9 Å². The summed E-state index contributed by atoms with van der Waals surface area (Å²) >= 11 is 0. The van der Waals surface area contributed by atoms with Gasteiger partial charge in [-0.15, -0.1) is 10.2 Å². The van der Waals surface area contributed by atoms with E-state index in [-0.39, 0.29) is 6.10 Å². The third-order valence-electron chi connectivity index (χ3n) is 5.43. The molecule has 0 spiro atoms. The van der Waals surface area contributed by atoms with Crippen molar-refractivity contribution in [3.8, 4) is 5.75 Å². The van der Waals surface area contributed by atoms with Gasteiger partial charge >= 0.3 is 0 Å². The van der Waals surface area contributed by atoms with Gasteiger partial charge in [0.05, 0.1) is 19.2 Å². The normalized spacial score (nSPS) is 12.5. The van der Waals surface area contributed by atoms with Crippen molar-refractivity contribution in [3.05, 3.63) is 76.9 Å². The SMILES string of the molecule is CCC(C)Oc1cc(C)ccc1CNC(=NCc1ccccc1)NCc1nnc(C)n1C. The maximum Gasteiger partial charge on any atom is 0.192 e.